The number of pyridine rings is 1. The average molecular weight is 503 g/mol. The molecule has 0 unspecified atom stereocenters. The van der Waals surface area contributed by atoms with Gasteiger partial charge in [0.15, 0.2) is 0 Å². The molecule has 0 saturated heterocycles. The van der Waals surface area contributed by atoms with Crippen LogP contribution in [0.1, 0.15) is 44.1 Å². The molecule has 0 aliphatic heterocycles. The first-order valence-corrected chi connectivity index (χ1v) is 11.2. The second-order valence-electron chi connectivity index (χ2n) is 7.28. The summed E-state index contributed by atoms with van der Waals surface area (Å²) in [5.74, 6) is 0.181. The molecule has 4 N–H and O–H groups in total. The number of nitrogens with one attached hydrogen (secondary N) is 2. The number of rotatable bonds is 5. The first-order chi connectivity index (χ1) is 16.4. The predicted octanol–water partition coefficient (Wildman–Crippen LogP) is 2.75. The summed E-state index contributed by atoms with van der Waals surface area (Å²) in [6, 6.07) is 14.0. The number of H-pyrrole nitrogens is 1. The second kappa shape index (κ2) is 14.9. The number of aromatic amines is 1. The topological polar surface area (TPSA) is 115 Å². The van der Waals surface area contributed by atoms with Crippen molar-refractivity contribution < 1.29 is 55.8 Å². The summed E-state index contributed by atoms with van der Waals surface area (Å²) >= 11 is 0. The fourth-order valence-corrected chi connectivity index (χ4v) is 3.56. The van der Waals surface area contributed by atoms with Crippen molar-refractivity contribution in [3.63, 3.8) is 0 Å². The van der Waals surface area contributed by atoms with Gasteiger partial charge in [0.05, 0.1) is 5.39 Å². The van der Waals surface area contributed by atoms with Gasteiger partial charge in [-0.05, 0) is 60.4 Å². The van der Waals surface area contributed by atoms with Crippen molar-refractivity contribution in [2.75, 3.05) is 7.05 Å². The molecule has 0 radical (unpaired) electrons. The van der Waals surface area contributed by atoms with Gasteiger partial charge in [-0.25, -0.2) is 4.39 Å². The number of hydrogen-bond donors (Lipinski definition) is 3. The Labute approximate surface area is 248 Å². The Kier molecular flexibility index (Phi) is 13.1. The molecule has 0 amide bonds. The van der Waals surface area contributed by atoms with Crippen LogP contribution in [0.3, 0.4) is 0 Å². The van der Waals surface area contributed by atoms with E-state index in [1.165, 1.54) is 18.5 Å². The van der Waals surface area contributed by atoms with Gasteiger partial charge in [0, 0.05) is 17.7 Å². The number of imidazole rings is 1. The normalized spacial score (nSPS) is 9.77. The third kappa shape index (κ3) is 7.59. The third-order valence-electron chi connectivity index (χ3n) is 5.02. The zero-order valence-electron chi connectivity index (χ0n) is 21.3. The number of nitrogens with two attached hydrogens (primary N) is 1. The van der Waals surface area contributed by atoms with Crippen LogP contribution in [0, 0.1) is 18.2 Å². The molecule has 0 saturated carbocycles. The van der Waals surface area contributed by atoms with E-state index in [1.54, 1.807) is 23.7 Å². The molecule has 7 nitrogen and oxygen atoms in total. The molecule has 4 rings (SSSR count). The summed E-state index contributed by atoms with van der Waals surface area (Å²) in [4.78, 5) is 19.5. The van der Waals surface area contributed by atoms with E-state index in [-0.39, 0.29) is 68.6 Å². The fourth-order valence-electron chi connectivity index (χ4n) is 3.56. The van der Waals surface area contributed by atoms with E-state index in [2.05, 4.69) is 28.3 Å². The standard InChI is InChI=1S/C19H18FNO.C5H8N5.C2H6.K/c1-3-5-17-12-14-7-4-6-13(2)18(14)19(22)21(17)16-10-8-15(20)9-11-16;1-8-5-3(4(6)7)9-2-10-5;1-2;/h4,6-12H,3,5H2,1-2H3;2H,1H3,(H3,6,7)(H,9,10);1-2H3;/q;-1;;+1. The SMILES string of the molecule is CC.CCCc1cc2cccc(C)c2c(=O)n1-c1ccc(F)cc1.C[N-]c1[nH]cnc1C(=N)N.[K+]. The molecule has 0 aliphatic rings. The maximum Gasteiger partial charge on any atom is 1.00 e. The van der Waals surface area contributed by atoms with Gasteiger partial charge in [-0.15, -0.1) is 0 Å². The summed E-state index contributed by atoms with van der Waals surface area (Å²) in [5, 5.41) is 12.5. The largest absolute Gasteiger partial charge is 1.00 e. The second-order valence-corrected chi connectivity index (χ2v) is 7.28. The Morgan fingerprint density at radius 2 is 1.86 bits per heavy atom. The maximum absolute atomic E-state index is 13.2. The molecule has 0 fully saturated rings. The number of nitrogens with zero attached hydrogens (tertiary/aromatic N) is 3. The first-order valence-electron chi connectivity index (χ1n) is 11.2. The van der Waals surface area contributed by atoms with E-state index in [1.807, 2.05) is 39.0 Å². The van der Waals surface area contributed by atoms with Crippen LogP contribution in [0.15, 0.2) is 59.7 Å². The van der Waals surface area contributed by atoms with Crippen molar-refractivity contribution in [3.05, 3.63) is 93.3 Å². The molecular formula is C26H32FKN6O. The summed E-state index contributed by atoms with van der Waals surface area (Å²) in [6.45, 7) is 8.03. The summed E-state index contributed by atoms with van der Waals surface area (Å²) in [5.41, 5.74) is 8.17. The van der Waals surface area contributed by atoms with E-state index in [0.29, 0.717) is 17.2 Å². The van der Waals surface area contributed by atoms with Crippen molar-refractivity contribution in [1.29, 1.82) is 5.41 Å². The van der Waals surface area contributed by atoms with Crippen LogP contribution in [-0.4, -0.2) is 27.4 Å². The van der Waals surface area contributed by atoms with E-state index in [4.69, 9.17) is 11.1 Å². The van der Waals surface area contributed by atoms with Crippen LogP contribution in [0.5, 0.6) is 0 Å². The van der Waals surface area contributed by atoms with Crippen molar-refractivity contribution in [1.82, 2.24) is 14.5 Å². The Bertz CT molecular complexity index is 1300. The van der Waals surface area contributed by atoms with Gasteiger partial charge in [-0.2, -0.15) is 0 Å². The van der Waals surface area contributed by atoms with Gasteiger partial charge in [-0.1, -0.05) is 52.4 Å². The zero-order chi connectivity index (χ0) is 25.3. The number of nitrogen functional groups attached to an aromatic ring is 1. The third-order valence-corrected chi connectivity index (χ3v) is 5.02. The number of aryl methyl sites for hydroxylation is 2. The summed E-state index contributed by atoms with van der Waals surface area (Å²) in [6.07, 6.45) is 3.20. The van der Waals surface area contributed by atoms with Crippen molar-refractivity contribution in [2.24, 2.45) is 5.73 Å². The first kappa shape index (κ1) is 30.7. The van der Waals surface area contributed by atoms with Crippen molar-refractivity contribution >= 4 is 22.4 Å². The predicted molar refractivity (Wildman–Crippen MR) is 138 cm³/mol. The Hall–Kier alpha value is -2.30. The van der Waals surface area contributed by atoms with Crippen molar-refractivity contribution in [3.8, 4) is 5.69 Å². The molecule has 0 aliphatic carbocycles. The molecule has 2 aromatic carbocycles. The number of halogens is 1. The number of hydrogen-bond acceptors (Lipinski definition) is 3. The minimum Gasteiger partial charge on any atom is -0.467 e. The number of aromatic nitrogens is 3. The van der Waals surface area contributed by atoms with Gasteiger partial charge in [0.1, 0.15) is 17.3 Å². The summed E-state index contributed by atoms with van der Waals surface area (Å²) < 4.78 is 14.9. The minimum absolute atomic E-state index is 0. The monoisotopic (exact) mass is 502 g/mol. The maximum atomic E-state index is 13.2. The number of amidine groups is 1. The van der Waals surface area contributed by atoms with Crippen LogP contribution in [0.4, 0.5) is 10.2 Å². The van der Waals surface area contributed by atoms with Gasteiger partial charge in [0.2, 0.25) is 0 Å². The molecule has 180 valence electrons. The number of benzene rings is 2. The fraction of sp³-hybridized carbons (Fsp3) is 0.269. The Morgan fingerprint density at radius 1 is 1.20 bits per heavy atom. The van der Waals surface area contributed by atoms with Crippen LogP contribution >= 0.6 is 0 Å². The van der Waals surface area contributed by atoms with Crippen molar-refractivity contribution in [2.45, 2.75) is 40.5 Å². The Morgan fingerprint density at radius 3 is 2.40 bits per heavy atom. The van der Waals surface area contributed by atoms with Gasteiger partial charge < -0.3 is 16.0 Å². The Balaban J connectivity index is 0.000000398. The molecule has 4 aromatic rings. The molecule has 2 aromatic heterocycles. The molecular weight excluding hydrogens is 470 g/mol. The quantitative estimate of drug-likeness (QED) is 0.221. The van der Waals surface area contributed by atoms with Gasteiger partial charge >= 0.3 is 51.4 Å². The minimum atomic E-state index is -0.300. The van der Waals surface area contributed by atoms with Crippen LogP contribution in [0.2, 0.25) is 0 Å². The molecule has 0 spiro atoms. The smallest absolute Gasteiger partial charge is 0.467 e. The van der Waals surface area contributed by atoms with E-state index in [0.717, 1.165) is 34.9 Å². The molecule has 35 heavy (non-hydrogen) atoms. The van der Waals surface area contributed by atoms with Crippen LogP contribution < -0.4 is 62.7 Å². The molecule has 2 heterocycles. The van der Waals surface area contributed by atoms with Gasteiger partial charge in [0.25, 0.3) is 5.56 Å². The average Bonchev–Trinajstić information content (AvgIpc) is 3.32. The number of fused-ring (bicyclic) bond motifs is 1. The zero-order valence-corrected chi connectivity index (χ0v) is 24.4. The van der Waals surface area contributed by atoms with E-state index in [9.17, 15) is 9.18 Å². The van der Waals surface area contributed by atoms with Crippen LogP contribution in [0.25, 0.3) is 21.8 Å². The van der Waals surface area contributed by atoms with E-state index >= 15 is 0 Å². The molecule has 9 heteroatoms. The summed E-state index contributed by atoms with van der Waals surface area (Å²) in [7, 11) is 1.61. The van der Waals surface area contributed by atoms with Gasteiger partial charge in [-0.3, -0.25) is 19.8 Å². The van der Waals surface area contributed by atoms with Crippen LogP contribution in [-0.2, 0) is 6.42 Å². The molecule has 0 bridgehead atoms. The molecule has 0 atom stereocenters. The van der Waals surface area contributed by atoms with E-state index < -0.39 is 0 Å².